The van der Waals surface area contributed by atoms with E-state index in [0.29, 0.717) is 37.1 Å². The van der Waals surface area contributed by atoms with Crippen molar-refractivity contribution in [2.24, 2.45) is 11.8 Å². The van der Waals surface area contributed by atoms with Crippen LogP contribution < -0.4 is 0 Å². The number of ether oxygens (including phenoxy) is 2. The van der Waals surface area contributed by atoms with Gasteiger partial charge in [-0.2, -0.15) is 0 Å². The summed E-state index contributed by atoms with van der Waals surface area (Å²) < 4.78 is 16.6. The van der Waals surface area contributed by atoms with Crippen LogP contribution in [0.4, 0.5) is 4.79 Å². The van der Waals surface area contributed by atoms with Gasteiger partial charge in [-0.25, -0.2) is 4.79 Å². The number of rotatable bonds is 5. The van der Waals surface area contributed by atoms with E-state index in [4.69, 9.17) is 13.9 Å². The highest BCUT2D eigenvalue weighted by Gasteiger charge is 2.39. The summed E-state index contributed by atoms with van der Waals surface area (Å²) in [5.41, 5.74) is 0.830. The monoisotopic (exact) mass is 443 g/mol. The number of furan rings is 1. The average Bonchev–Trinajstić information content (AvgIpc) is 3.30. The predicted molar refractivity (Wildman–Crippen MR) is 121 cm³/mol. The summed E-state index contributed by atoms with van der Waals surface area (Å²) in [5.74, 6) is -0.759. The zero-order valence-corrected chi connectivity index (χ0v) is 19.8. The van der Waals surface area contributed by atoms with E-state index in [9.17, 15) is 14.4 Å². The average molecular weight is 444 g/mol. The van der Waals surface area contributed by atoms with E-state index in [1.165, 1.54) is 6.26 Å². The third kappa shape index (κ3) is 5.90. The Hall–Kier alpha value is -2.83. The van der Waals surface area contributed by atoms with Crippen molar-refractivity contribution in [1.82, 2.24) is 4.90 Å². The third-order valence-corrected chi connectivity index (χ3v) is 5.41. The highest BCUT2D eigenvalue weighted by atomic mass is 16.6. The number of amides is 1. The number of carbonyl (C=O) groups excluding carboxylic acids is 3. The van der Waals surface area contributed by atoms with Crippen molar-refractivity contribution in [1.29, 1.82) is 0 Å². The number of hydrogen-bond donors (Lipinski definition) is 0. The largest absolute Gasteiger partial charge is 0.464 e. The molecule has 0 radical (unpaired) electrons. The van der Waals surface area contributed by atoms with Gasteiger partial charge in [-0.15, -0.1) is 0 Å². The SMILES string of the molecule is CC(C)(C)OC(=O)[C@@H](Cc1ccc2occ(C=O)c2c1)[C@H]1CCN(C(=O)OC(C)(C)C)C1. The van der Waals surface area contributed by atoms with Crippen LogP contribution in [-0.2, 0) is 20.7 Å². The minimum Gasteiger partial charge on any atom is -0.464 e. The molecule has 1 fully saturated rings. The molecule has 1 aromatic carbocycles. The van der Waals surface area contributed by atoms with Crippen molar-refractivity contribution in [2.75, 3.05) is 13.1 Å². The minimum absolute atomic E-state index is 0.0528. The van der Waals surface area contributed by atoms with Crippen molar-refractivity contribution >= 4 is 29.3 Å². The molecule has 2 heterocycles. The van der Waals surface area contributed by atoms with Crippen LogP contribution in [0.3, 0.4) is 0 Å². The fraction of sp³-hybridized carbons (Fsp3) is 0.560. The molecule has 1 aliphatic heterocycles. The van der Waals surface area contributed by atoms with Gasteiger partial charge < -0.3 is 18.8 Å². The number of carbonyl (C=O) groups is 3. The van der Waals surface area contributed by atoms with Gasteiger partial charge in [0.25, 0.3) is 0 Å². The predicted octanol–water partition coefficient (Wildman–Crippen LogP) is 5.00. The highest BCUT2D eigenvalue weighted by Crippen LogP contribution is 2.32. The Morgan fingerprint density at radius 2 is 1.84 bits per heavy atom. The van der Waals surface area contributed by atoms with Gasteiger partial charge in [0.2, 0.25) is 0 Å². The van der Waals surface area contributed by atoms with Gasteiger partial charge in [0, 0.05) is 18.5 Å². The van der Waals surface area contributed by atoms with Crippen LogP contribution >= 0.6 is 0 Å². The maximum absolute atomic E-state index is 13.2. The molecule has 1 amide bonds. The summed E-state index contributed by atoms with van der Waals surface area (Å²) in [7, 11) is 0. The molecule has 1 aliphatic rings. The summed E-state index contributed by atoms with van der Waals surface area (Å²) in [6.45, 7) is 12.0. The number of nitrogens with zero attached hydrogens (tertiary/aromatic N) is 1. The fourth-order valence-corrected chi connectivity index (χ4v) is 4.00. The molecule has 7 heteroatoms. The molecule has 0 N–H and O–H groups in total. The van der Waals surface area contributed by atoms with Gasteiger partial charge in [0.15, 0.2) is 6.29 Å². The molecule has 1 saturated heterocycles. The number of benzene rings is 1. The molecule has 1 aromatic heterocycles. The van der Waals surface area contributed by atoms with Crippen LogP contribution in [-0.4, -0.2) is 47.5 Å². The molecule has 0 aliphatic carbocycles. The van der Waals surface area contributed by atoms with Crippen LogP contribution in [0.2, 0.25) is 0 Å². The second-order valence-corrected chi connectivity index (χ2v) is 10.5. The molecule has 2 atom stereocenters. The first-order valence-corrected chi connectivity index (χ1v) is 11.0. The second kappa shape index (κ2) is 8.96. The Bertz CT molecular complexity index is 994. The van der Waals surface area contributed by atoms with Crippen LogP contribution in [0.1, 0.15) is 63.9 Å². The molecule has 0 unspecified atom stereocenters. The van der Waals surface area contributed by atoms with Crippen LogP contribution in [0.15, 0.2) is 28.9 Å². The minimum atomic E-state index is -0.613. The van der Waals surface area contributed by atoms with Gasteiger partial charge in [-0.05, 0) is 78.0 Å². The topological polar surface area (TPSA) is 86.0 Å². The van der Waals surface area contributed by atoms with E-state index in [1.807, 2.05) is 59.7 Å². The number of esters is 1. The van der Waals surface area contributed by atoms with Crippen molar-refractivity contribution in [3.8, 4) is 0 Å². The molecular formula is C25H33NO6. The Morgan fingerprint density at radius 1 is 1.16 bits per heavy atom. The van der Waals surface area contributed by atoms with E-state index < -0.39 is 17.1 Å². The molecular weight excluding hydrogens is 410 g/mol. The van der Waals surface area contributed by atoms with E-state index in [2.05, 4.69) is 0 Å². The zero-order valence-electron chi connectivity index (χ0n) is 19.8. The quantitative estimate of drug-likeness (QED) is 0.477. The lowest BCUT2D eigenvalue weighted by Gasteiger charge is -2.28. The van der Waals surface area contributed by atoms with Gasteiger partial charge in [0.05, 0.1) is 11.5 Å². The normalized spacial score (nSPS) is 17.9. The lowest BCUT2D eigenvalue weighted by molar-refractivity contribution is -0.161. The van der Waals surface area contributed by atoms with E-state index >= 15 is 0 Å². The molecule has 0 spiro atoms. The maximum atomic E-state index is 13.2. The summed E-state index contributed by atoms with van der Waals surface area (Å²) in [4.78, 5) is 38.6. The zero-order chi connectivity index (χ0) is 23.7. The van der Waals surface area contributed by atoms with Gasteiger partial charge in [-0.1, -0.05) is 6.07 Å². The van der Waals surface area contributed by atoms with Gasteiger partial charge in [0.1, 0.15) is 23.0 Å². The van der Waals surface area contributed by atoms with Crippen LogP contribution in [0, 0.1) is 11.8 Å². The van der Waals surface area contributed by atoms with Crippen LogP contribution in [0.5, 0.6) is 0 Å². The number of aldehydes is 1. The molecule has 0 saturated carbocycles. The molecule has 174 valence electrons. The third-order valence-electron chi connectivity index (χ3n) is 5.41. The Morgan fingerprint density at radius 3 is 2.47 bits per heavy atom. The molecule has 0 bridgehead atoms. The summed E-state index contributed by atoms with van der Waals surface area (Å²) in [6, 6.07) is 5.60. The Labute approximate surface area is 189 Å². The van der Waals surface area contributed by atoms with Crippen molar-refractivity contribution in [2.45, 2.75) is 65.6 Å². The smallest absolute Gasteiger partial charge is 0.410 e. The summed E-state index contributed by atoms with van der Waals surface area (Å²) in [5, 5.41) is 0.724. The Kier molecular flexibility index (Phi) is 6.67. The number of likely N-dealkylation sites (tertiary alicyclic amines) is 1. The first-order chi connectivity index (χ1) is 14.9. The van der Waals surface area contributed by atoms with E-state index in [1.54, 1.807) is 4.90 Å². The van der Waals surface area contributed by atoms with E-state index in [0.717, 1.165) is 17.2 Å². The molecule has 32 heavy (non-hydrogen) atoms. The lowest BCUT2D eigenvalue weighted by Crippen LogP contribution is -2.38. The lowest BCUT2D eigenvalue weighted by atomic mass is 9.85. The maximum Gasteiger partial charge on any atom is 0.410 e. The standard InChI is InChI=1S/C25H33NO6/c1-24(2,3)31-22(28)20(17-9-10-26(13-17)23(29)32-25(4,5)6)12-16-7-8-21-19(11-16)18(14-27)15-30-21/h7-8,11,14-15,17,20H,9-10,12-13H2,1-6H3/t17-,20-/m0/s1. The summed E-state index contributed by atoms with van der Waals surface area (Å²) >= 11 is 0. The second-order valence-electron chi connectivity index (χ2n) is 10.5. The van der Waals surface area contributed by atoms with Crippen molar-refractivity contribution in [3.63, 3.8) is 0 Å². The van der Waals surface area contributed by atoms with Gasteiger partial charge >= 0.3 is 12.1 Å². The van der Waals surface area contributed by atoms with Crippen molar-refractivity contribution in [3.05, 3.63) is 35.6 Å². The Balaban J connectivity index is 1.82. The summed E-state index contributed by atoms with van der Waals surface area (Å²) in [6.07, 6.45) is 2.97. The van der Waals surface area contributed by atoms with Gasteiger partial charge in [-0.3, -0.25) is 9.59 Å². The van der Waals surface area contributed by atoms with Crippen LogP contribution in [0.25, 0.3) is 11.0 Å². The van der Waals surface area contributed by atoms with Crippen molar-refractivity contribution < 1.29 is 28.3 Å². The fourth-order valence-electron chi connectivity index (χ4n) is 4.00. The first kappa shape index (κ1) is 23.8. The first-order valence-electron chi connectivity index (χ1n) is 11.0. The molecule has 2 aromatic rings. The molecule has 7 nitrogen and oxygen atoms in total. The van der Waals surface area contributed by atoms with E-state index in [-0.39, 0.29) is 18.0 Å². The number of fused-ring (bicyclic) bond motifs is 1. The molecule has 3 rings (SSSR count). The number of hydrogen-bond acceptors (Lipinski definition) is 6. The highest BCUT2D eigenvalue weighted by molar-refractivity contribution is 5.96.